The third-order valence-electron chi connectivity index (χ3n) is 6.16. The van der Waals surface area contributed by atoms with Crippen LogP contribution in [0.3, 0.4) is 0 Å². The first-order valence-corrected chi connectivity index (χ1v) is 12.5. The minimum atomic E-state index is -1.02. The first-order chi connectivity index (χ1) is 17.3. The number of benzene rings is 1. The van der Waals surface area contributed by atoms with Crippen molar-refractivity contribution in [2.24, 2.45) is 5.41 Å². The van der Waals surface area contributed by atoms with Crippen molar-refractivity contribution in [2.45, 2.75) is 46.0 Å². The van der Waals surface area contributed by atoms with Gasteiger partial charge in [-0.3, -0.25) is 19.2 Å². The maximum atomic E-state index is 13.1. The summed E-state index contributed by atoms with van der Waals surface area (Å²) in [5, 5.41) is 5.70. The average Bonchev–Trinajstić information content (AvgIpc) is 2.86. The standard InChI is InChI=1S/C26H39N3O7/c1-4-35-25(33)26(12-16-34-3)17-21-8-10-22(11-9-21)36-18-24(32)27-13-6-15-29(20(2)30)14-5-7-23(31)28-19-26/h8-11H,4-7,12-19H2,1-3H3,(H,27,32)(H,28,31). The molecular formula is C26H39N3O7. The van der Waals surface area contributed by atoms with Gasteiger partial charge in [-0.2, -0.15) is 0 Å². The number of rotatable bonds is 5. The van der Waals surface area contributed by atoms with Crippen LogP contribution >= 0.6 is 0 Å². The molecule has 10 heteroatoms. The molecule has 2 N–H and O–H groups in total. The van der Waals surface area contributed by atoms with Gasteiger partial charge in [-0.25, -0.2) is 0 Å². The highest BCUT2D eigenvalue weighted by molar-refractivity contribution is 5.80. The van der Waals surface area contributed by atoms with E-state index >= 15 is 0 Å². The Balaban J connectivity index is 2.27. The molecule has 3 amide bonds. The molecule has 10 nitrogen and oxygen atoms in total. The fourth-order valence-electron chi connectivity index (χ4n) is 4.07. The average molecular weight is 506 g/mol. The number of esters is 1. The van der Waals surface area contributed by atoms with E-state index in [-0.39, 0.29) is 43.9 Å². The molecule has 0 saturated carbocycles. The van der Waals surface area contributed by atoms with Gasteiger partial charge in [0.15, 0.2) is 6.61 Å². The molecule has 0 aromatic heterocycles. The monoisotopic (exact) mass is 505 g/mol. The molecule has 1 aromatic rings. The molecule has 36 heavy (non-hydrogen) atoms. The number of amides is 3. The van der Waals surface area contributed by atoms with Gasteiger partial charge in [0.2, 0.25) is 11.8 Å². The van der Waals surface area contributed by atoms with E-state index in [2.05, 4.69) is 10.6 Å². The summed E-state index contributed by atoms with van der Waals surface area (Å²) in [6.45, 7) is 5.07. The second-order valence-corrected chi connectivity index (χ2v) is 8.94. The van der Waals surface area contributed by atoms with Gasteiger partial charge >= 0.3 is 5.97 Å². The Morgan fingerprint density at radius 2 is 1.81 bits per heavy atom. The third kappa shape index (κ3) is 9.49. The number of hydrogen-bond acceptors (Lipinski definition) is 7. The van der Waals surface area contributed by atoms with Gasteiger partial charge in [0.25, 0.3) is 5.91 Å². The van der Waals surface area contributed by atoms with E-state index in [1.165, 1.54) is 6.92 Å². The van der Waals surface area contributed by atoms with Crippen LogP contribution in [0, 0.1) is 5.41 Å². The summed E-state index contributed by atoms with van der Waals surface area (Å²) in [6.07, 6.45) is 1.98. The van der Waals surface area contributed by atoms with Crippen LogP contribution in [0.15, 0.2) is 24.3 Å². The number of hydrogen-bond donors (Lipinski definition) is 2. The van der Waals surface area contributed by atoms with Crippen molar-refractivity contribution in [2.75, 3.05) is 53.1 Å². The summed E-state index contributed by atoms with van der Waals surface area (Å²) in [7, 11) is 1.56. The molecule has 1 unspecified atom stereocenters. The molecule has 2 heterocycles. The summed E-state index contributed by atoms with van der Waals surface area (Å²) in [6, 6.07) is 7.17. The van der Waals surface area contributed by atoms with Gasteiger partial charge in [-0.1, -0.05) is 12.1 Å². The molecule has 0 saturated heterocycles. The molecule has 2 aliphatic rings. The number of nitrogens with zero attached hydrogens (tertiary/aromatic N) is 1. The smallest absolute Gasteiger partial charge is 0.314 e. The zero-order valence-electron chi connectivity index (χ0n) is 21.6. The quantitative estimate of drug-likeness (QED) is 0.581. The van der Waals surface area contributed by atoms with Crippen molar-refractivity contribution >= 4 is 23.7 Å². The lowest BCUT2D eigenvalue weighted by Gasteiger charge is -2.32. The summed E-state index contributed by atoms with van der Waals surface area (Å²) < 4.78 is 16.3. The normalized spacial score (nSPS) is 20.6. The van der Waals surface area contributed by atoms with Crippen LogP contribution in [0.4, 0.5) is 0 Å². The van der Waals surface area contributed by atoms with Gasteiger partial charge in [0.1, 0.15) is 5.75 Å². The van der Waals surface area contributed by atoms with Crippen molar-refractivity contribution in [3.63, 3.8) is 0 Å². The minimum Gasteiger partial charge on any atom is -0.484 e. The van der Waals surface area contributed by atoms with E-state index < -0.39 is 11.4 Å². The van der Waals surface area contributed by atoms with Crippen LogP contribution in [-0.4, -0.2) is 81.7 Å². The van der Waals surface area contributed by atoms with Crippen molar-refractivity contribution in [3.05, 3.63) is 29.8 Å². The molecule has 1 atom stereocenters. The lowest BCUT2D eigenvalue weighted by atomic mass is 9.78. The molecule has 0 radical (unpaired) electrons. The van der Waals surface area contributed by atoms with Crippen molar-refractivity contribution < 1.29 is 33.4 Å². The highest BCUT2D eigenvalue weighted by atomic mass is 16.5. The summed E-state index contributed by atoms with van der Waals surface area (Å²) in [5.74, 6) is -0.409. The Morgan fingerprint density at radius 1 is 1.08 bits per heavy atom. The van der Waals surface area contributed by atoms with E-state index in [4.69, 9.17) is 14.2 Å². The van der Waals surface area contributed by atoms with E-state index in [0.29, 0.717) is 57.7 Å². The fourth-order valence-corrected chi connectivity index (χ4v) is 4.07. The molecule has 3 rings (SSSR count). The van der Waals surface area contributed by atoms with Crippen LogP contribution in [0.25, 0.3) is 0 Å². The van der Waals surface area contributed by atoms with Gasteiger partial charge in [-0.15, -0.1) is 0 Å². The van der Waals surface area contributed by atoms with E-state index in [1.807, 2.05) is 12.1 Å². The molecule has 2 aliphatic heterocycles. The van der Waals surface area contributed by atoms with E-state index in [0.717, 1.165) is 5.56 Å². The zero-order valence-corrected chi connectivity index (χ0v) is 21.6. The molecular weight excluding hydrogens is 466 g/mol. The zero-order chi connectivity index (χ0) is 26.4. The van der Waals surface area contributed by atoms with E-state index in [1.54, 1.807) is 31.1 Å². The topological polar surface area (TPSA) is 123 Å². The van der Waals surface area contributed by atoms with Crippen LogP contribution in [0.1, 0.15) is 45.1 Å². The van der Waals surface area contributed by atoms with Crippen LogP contribution in [0.2, 0.25) is 0 Å². The molecule has 0 aliphatic carbocycles. The lowest BCUT2D eigenvalue weighted by Crippen LogP contribution is -2.46. The Hall–Kier alpha value is -3.14. The summed E-state index contributed by atoms with van der Waals surface area (Å²) in [5.41, 5.74) is -0.160. The maximum Gasteiger partial charge on any atom is 0.314 e. The Morgan fingerprint density at radius 3 is 2.47 bits per heavy atom. The Kier molecular flexibility index (Phi) is 12.2. The predicted octanol–water partition coefficient (Wildman–Crippen LogP) is 1.46. The van der Waals surface area contributed by atoms with Crippen LogP contribution < -0.4 is 15.4 Å². The van der Waals surface area contributed by atoms with Crippen molar-refractivity contribution in [1.29, 1.82) is 0 Å². The number of fused-ring (bicyclic) bond motifs is 17. The second-order valence-electron chi connectivity index (χ2n) is 8.94. The molecule has 200 valence electrons. The number of methoxy groups -OCH3 is 1. The van der Waals surface area contributed by atoms with Crippen LogP contribution in [0.5, 0.6) is 5.75 Å². The first kappa shape index (κ1) is 29.1. The van der Waals surface area contributed by atoms with Gasteiger partial charge in [-0.05, 0) is 50.3 Å². The fraction of sp³-hybridized carbons (Fsp3) is 0.615. The van der Waals surface area contributed by atoms with Gasteiger partial charge in [0, 0.05) is 53.2 Å². The molecule has 0 fully saturated rings. The molecule has 2 bridgehead atoms. The Bertz CT molecular complexity index is 875. The maximum absolute atomic E-state index is 13.1. The first-order valence-electron chi connectivity index (χ1n) is 12.5. The van der Waals surface area contributed by atoms with Gasteiger partial charge in [0.05, 0.1) is 12.0 Å². The summed E-state index contributed by atoms with van der Waals surface area (Å²) >= 11 is 0. The number of nitrogens with one attached hydrogen (secondary N) is 2. The number of ether oxygens (including phenoxy) is 3. The Labute approximate surface area is 213 Å². The van der Waals surface area contributed by atoms with Crippen molar-refractivity contribution in [1.82, 2.24) is 15.5 Å². The highest BCUT2D eigenvalue weighted by Crippen LogP contribution is 2.30. The number of carbonyl (C=O) groups excluding carboxylic acids is 4. The second kappa shape index (κ2) is 15.1. The summed E-state index contributed by atoms with van der Waals surface area (Å²) in [4.78, 5) is 51.6. The van der Waals surface area contributed by atoms with Gasteiger partial charge < -0.3 is 29.7 Å². The highest BCUT2D eigenvalue weighted by Gasteiger charge is 2.40. The predicted molar refractivity (Wildman–Crippen MR) is 133 cm³/mol. The van der Waals surface area contributed by atoms with E-state index in [9.17, 15) is 19.2 Å². The third-order valence-corrected chi connectivity index (χ3v) is 6.16. The molecule has 0 spiro atoms. The molecule has 1 aromatic carbocycles. The number of carbonyl (C=O) groups is 4. The van der Waals surface area contributed by atoms with Crippen molar-refractivity contribution in [3.8, 4) is 5.75 Å². The van der Waals surface area contributed by atoms with Crippen LogP contribution in [-0.2, 0) is 35.1 Å². The SMILES string of the molecule is CCOC(=O)C1(CCOC)CNC(=O)CCCN(C(C)=O)CCCNC(=O)COc2ccc(cc2)C1. The largest absolute Gasteiger partial charge is 0.484 e. The lowest BCUT2D eigenvalue weighted by molar-refractivity contribution is -0.156. The minimum absolute atomic E-state index is 0.0869.